The molecule has 0 aliphatic carbocycles. The SMILES string of the molecule is [Pt+2].[c-]1c(-n2ncc3ccccc32)cccc1-n1c2ccccc2n2c3c([c-]c12)C(c1ccccn1)CS3. The number of aromatic nitrogens is 5. The Kier molecular flexibility index (Phi) is 5.34. The normalized spacial score (nSPS) is 14.9. The number of hydrogen-bond donors (Lipinski definition) is 0. The minimum absolute atomic E-state index is 0. The molecule has 3 aromatic carbocycles. The van der Waals surface area contributed by atoms with E-state index in [2.05, 4.69) is 97.9 Å². The second kappa shape index (κ2) is 8.76. The van der Waals surface area contributed by atoms with E-state index in [0.29, 0.717) is 0 Å². The van der Waals surface area contributed by atoms with Gasteiger partial charge in [-0.2, -0.15) is 16.7 Å². The molecule has 1 unspecified atom stereocenters. The number of pyridine rings is 1. The summed E-state index contributed by atoms with van der Waals surface area (Å²) < 4.78 is 6.57. The van der Waals surface area contributed by atoms with Gasteiger partial charge in [-0.3, -0.25) is 9.67 Å². The first-order valence-corrected chi connectivity index (χ1v) is 12.9. The largest absolute Gasteiger partial charge is 2.00 e. The van der Waals surface area contributed by atoms with Crippen LogP contribution in [-0.4, -0.2) is 29.5 Å². The van der Waals surface area contributed by atoms with Crippen molar-refractivity contribution in [2.75, 3.05) is 5.75 Å². The van der Waals surface area contributed by atoms with E-state index >= 15 is 0 Å². The molecule has 1 aliphatic heterocycles. The molecule has 180 valence electrons. The van der Waals surface area contributed by atoms with Gasteiger partial charge in [0.1, 0.15) is 0 Å². The van der Waals surface area contributed by atoms with Crippen LogP contribution in [0.1, 0.15) is 17.2 Å². The number of hydrogen-bond acceptors (Lipinski definition) is 3. The van der Waals surface area contributed by atoms with Crippen LogP contribution in [0, 0.1) is 12.1 Å². The second-order valence-corrected chi connectivity index (χ2v) is 9.99. The maximum absolute atomic E-state index is 4.66. The molecule has 1 atom stereocenters. The van der Waals surface area contributed by atoms with Gasteiger partial charge in [-0.15, -0.1) is 18.2 Å². The molecular formula is C30H19N5PtS. The van der Waals surface area contributed by atoms with Crippen molar-refractivity contribution < 1.29 is 21.1 Å². The third kappa shape index (κ3) is 3.36. The molecule has 0 N–H and O–H groups in total. The molecule has 0 radical (unpaired) electrons. The summed E-state index contributed by atoms with van der Waals surface area (Å²) in [7, 11) is 0. The first-order chi connectivity index (χ1) is 17.9. The predicted molar refractivity (Wildman–Crippen MR) is 143 cm³/mol. The molecule has 0 saturated heterocycles. The Bertz CT molecular complexity index is 1920. The Labute approximate surface area is 232 Å². The summed E-state index contributed by atoms with van der Waals surface area (Å²) in [5.74, 6) is 1.22. The zero-order chi connectivity index (χ0) is 23.6. The quantitative estimate of drug-likeness (QED) is 0.202. The van der Waals surface area contributed by atoms with Gasteiger partial charge >= 0.3 is 21.1 Å². The van der Waals surface area contributed by atoms with E-state index in [1.165, 1.54) is 16.1 Å². The van der Waals surface area contributed by atoms with Gasteiger partial charge in [0.2, 0.25) is 0 Å². The van der Waals surface area contributed by atoms with Crippen LogP contribution in [0.5, 0.6) is 0 Å². The Morgan fingerprint density at radius 1 is 0.784 bits per heavy atom. The molecule has 0 amide bonds. The van der Waals surface area contributed by atoms with Crippen LogP contribution in [-0.2, 0) is 21.1 Å². The maximum atomic E-state index is 4.66. The van der Waals surface area contributed by atoms with E-state index in [1.807, 2.05) is 47.0 Å². The van der Waals surface area contributed by atoms with Gasteiger partial charge < -0.3 is 8.97 Å². The van der Waals surface area contributed by atoms with Crippen molar-refractivity contribution in [1.29, 1.82) is 0 Å². The minimum atomic E-state index is 0. The zero-order valence-corrected chi connectivity index (χ0v) is 22.6. The van der Waals surface area contributed by atoms with Crippen molar-refractivity contribution in [3.05, 3.63) is 121 Å². The summed E-state index contributed by atoms with van der Waals surface area (Å²) in [6.07, 6.45) is 3.78. The molecule has 5 heterocycles. The van der Waals surface area contributed by atoms with Crippen LogP contribution in [0.15, 0.2) is 102 Å². The molecule has 0 bridgehead atoms. The average Bonchev–Trinajstić information content (AvgIpc) is 3.68. The van der Waals surface area contributed by atoms with Gasteiger partial charge in [0.25, 0.3) is 0 Å². The number of benzene rings is 3. The molecular weight excluding hydrogens is 658 g/mol. The third-order valence-corrected chi connectivity index (χ3v) is 8.13. The van der Waals surface area contributed by atoms with Crippen molar-refractivity contribution in [2.24, 2.45) is 0 Å². The van der Waals surface area contributed by atoms with Gasteiger partial charge in [-0.1, -0.05) is 47.1 Å². The van der Waals surface area contributed by atoms with Crippen LogP contribution >= 0.6 is 11.8 Å². The zero-order valence-electron chi connectivity index (χ0n) is 19.5. The molecule has 0 fully saturated rings. The van der Waals surface area contributed by atoms with E-state index in [1.54, 1.807) is 0 Å². The molecule has 4 aromatic heterocycles. The van der Waals surface area contributed by atoms with Gasteiger partial charge in [-0.05, 0) is 41.8 Å². The molecule has 1 aliphatic rings. The summed E-state index contributed by atoms with van der Waals surface area (Å²) in [4.78, 5) is 4.66. The van der Waals surface area contributed by atoms with E-state index in [9.17, 15) is 0 Å². The van der Waals surface area contributed by atoms with Crippen LogP contribution in [0.2, 0.25) is 0 Å². The van der Waals surface area contributed by atoms with Gasteiger partial charge in [0.05, 0.1) is 22.7 Å². The average molecular weight is 677 g/mol. The molecule has 0 saturated carbocycles. The summed E-state index contributed by atoms with van der Waals surface area (Å²) >= 11 is 1.89. The van der Waals surface area contributed by atoms with Crippen LogP contribution in [0.4, 0.5) is 0 Å². The van der Waals surface area contributed by atoms with Crippen molar-refractivity contribution in [3.8, 4) is 11.4 Å². The Balaban J connectivity index is 0.00000231. The minimum Gasteiger partial charge on any atom is -0.385 e. The molecule has 0 spiro atoms. The summed E-state index contributed by atoms with van der Waals surface area (Å²) in [6, 6.07) is 36.6. The number of imidazole rings is 1. The molecule has 8 rings (SSSR count). The van der Waals surface area contributed by atoms with Crippen molar-refractivity contribution in [2.45, 2.75) is 10.9 Å². The van der Waals surface area contributed by atoms with E-state index < -0.39 is 0 Å². The van der Waals surface area contributed by atoms with E-state index in [-0.39, 0.29) is 27.0 Å². The van der Waals surface area contributed by atoms with Crippen molar-refractivity contribution >= 4 is 39.3 Å². The Morgan fingerprint density at radius 3 is 2.43 bits per heavy atom. The molecule has 37 heavy (non-hydrogen) atoms. The number of fused-ring (bicyclic) bond motifs is 6. The molecule has 7 aromatic rings. The Morgan fingerprint density at radius 2 is 1.57 bits per heavy atom. The van der Waals surface area contributed by atoms with Gasteiger partial charge in [0, 0.05) is 28.8 Å². The van der Waals surface area contributed by atoms with Crippen molar-refractivity contribution in [3.63, 3.8) is 0 Å². The fourth-order valence-corrected chi connectivity index (χ4v) is 6.65. The Hall–Kier alpha value is -3.60. The fraction of sp³-hybridized carbons (Fsp3) is 0.0667. The number of rotatable bonds is 3. The number of nitrogens with zero attached hydrogens (tertiary/aromatic N) is 5. The van der Waals surface area contributed by atoms with E-state index in [4.69, 9.17) is 0 Å². The smallest absolute Gasteiger partial charge is 0.385 e. The van der Waals surface area contributed by atoms with E-state index in [0.717, 1.165) is 44.9 Å². The second-order valence-electron chi connectivity index (χ2n) is 8.98. The van der Waals surface area contributed by atoms with Crippen LogP contribution in [0.25, 0.3) is 39.0 Å². The monoisotopic (exact) mass is 676 g/mol. The standard InChI is InChI=1S/C30H19N5S.Pt/c1-2-12-26-20(8-1)18-32-35(26)22-10-7-9-21(16-22)33-27-13-3-4-14-28(27)34-29(33)17-23-24(19-36-30(23)34)25-11-5-6-15-31-25;/h1-15,18,24H,19H2;/q-2;+2. The van der Waals surface area contributed by atoms with Gasteiger partial charge in [0.15, 0.2) is 0 Å². The first-order valence-electron chi connectivity index (χ1n) is 11.9. The topological polar surface area (TPSA) is 40.0 Å². The van der Waals surface area contributed by atoms with Crippen LogP contribution < -0.4 is 0 Å². The first kappa shape index (κ1) is 22.6. The maximum Gasteiger partial charge on any atom is 2.00 e. The van der Waals surface area contributed by atoms with Crippen LogP contribution in [0.3, 0.4) is 0 Å². The summed E-state index contributed by atoms with van der Waals surface area (Å²) in [5.41, 5.74) is 8.58. The molecule has 7 heteroatoms. The third-order valence-electron chi connectivity index (χ3n) is 6.96. The summed E-state index contributed by atoms with van der Waals surface area (Å²) in [6.45, 7) is 0. The predicted octanol–water partition coefficient (Wildman–Crippen LogP) is 6.45. The molecule has 5 nitrogen and oxygen atoms in total. The fourth-order valence-electron chi connectivity index (χ4n) is 5.33. The number of para-hydroxylation sites is 3. The van der Waals surface area contributed by atoms with Gasteiger partial charge in [-0.25, -0.2) is 17.8 Å². The summed E-state index contributed by atoms with van der Waals surface area (Å²) in [5, 5.41) is 7.01. The number of thioether (sulfide) groups is 1. The van der Waals surface area contributed by atoms with Crippen molar-refractivity contribution in [1.82, 2.24) is 23.7 Å².